The van der Waals surface area contributed by atoms with E-state index in [2.05, 4.69) is 0 Å². The van der Waals surface area contributed by atoms with Crippen molar-refractivity contribution < 1.29 is 28.7 Å². The summed E-state index contributed by atoms with van der Waals surface area (Å²) in [6.45, 7) is 4.46. The lowest BCUT2D eigenvalue weighted by Gasteiger charge is -2.28. The number of nitrogens with zero attached hydrogens (tertiary/aromatic N) is 4. The van der Waals surface area contributed by atoms with E-state index >= 15 is 9.59 Å². The molecule has 0 N–H and O–H groups in total. The summed E-state index contributed by atoms with van der Waals surface area (Å²) in [4.78, 5) is 68.6. The fourth-order valence-corrected chi connectivity index (χ4v) is 11.9. The molecule has 0 spiro atoms. The number of hydrogen-bond acceptors (Lipinski definition) is 14. The van der Waals surface area contributed by atoms with Gasteiger partial charge in [0.2, 0.25) is 5.41 Å². The van der Waals surface area contributed by atoms with E-state index in [1.165, 1.54) is 32.5 Å². The number of benzene rings is 4. The van der Waals surface area contributed by atoms with E-state index in [0.717, 1.165) is 54.8 Å². The van der Waals surface area contributed by atoms with Crippen LogP contribution in [0.15, 0.2) is 107 Å². The molecule has 2 fully saturated rings. The van der Waals surface area contributed by atoms with Crippen LogP contribution >= 0.6 is 70.6 Å². The molecule has 0 bridgehead atoms. The van der Waals surface area contributed by atoms with Gasteiger partial charge in [-0.25, -0.2) is 9.98 Å². The summed E-state index contributed by atoms with van der Waals surface area (Å²) >= 11 is 15.9. The molecule has 1 aliphatic carbocycles. The van der Waals surface area contributed by atoms with Crippen LogP contribution < -0.4 is 0 Å². The number of aliphatic imine (C=N–C) groups is 2. The van der Waals surface area contributed by atoms with E-state index in [-0.39, 0.29) is 35.1 Å². The standard InChI is InChI=1S/C43H30N4O6S6/c1-3-46-37(48)35(58-41(46)54)44-33-17-25-15-29-27(19-31(25)56-33)28-20-32-26(18-34(57-32)45-36-38(49)47(4-2)42(55)59-36)16-30(28)43(29,39(50)52-21-23-11-7-5-8-12-23)40(51)53-22-24-13-9-6-10-14-24/h5-20H,3-4,21-22H2,1-2H3. The Morgan fingerprint density at radius 2 is 1.03 bits per heavy atom. The van der Waals surface area contributed by atoms with Gasteiger partial charge in [-0.3, -0.25) is 29.0 Å². The first-order valence-electron chi connectivity index (χ1n) is 18.4. The number of esters is 2. The average molecular weight is 891 g/mol. The predicted octanol–water partition coefficient (Wildman–Crippen LogP) is 9.69. The molecular formula is C43H30N4O6S6. The first kappa shape index (κ1) is 39.4. The fraction of sp³-hybridized carbons (Fsp3) is 0.163. The summed E-state index contributed by atoms with van der Waals surface area (Å²) in [5.74, 6) is -2.06. The highest BCUT2D eigenvalue weighted by atomic mass is 32.2. The van der Waals surface area contributed by atoms with Crippen LogP contribution in [0.2, 0.25) is 0 Å². The van der Waals surface area contributed by atoms with Gasteiger partial charge in [-0.2, -0.15) is 0 Å². The summed E-state index contributed by atoms with van der Waals surface area (Å²) < 4.78 is 14.8. The van der Waals surface area contributed by atoms with Crippen molar-refractivity contribution in [2.45, 2.75) is 32.5 Å². The molecule has 0 radical (unpaired) electrons. The molecule has 6 aromatic rings. The first-order chi connectivity index (χ1) is 28.6. The van der Waals surface area contributed by atoms with Crippen molar-refractivity contribution in [3.05, 3.63) is 119 Å². The zero-order valence-corrected chi connectivity index (χ0v) is 36.2. The zero-order chi connectivity index (χ0) is 41.0. The van der Waals surface area contributed by atoms with Gasteiger partial charge in [0.15, 0.2) is 10.1 Å². The predicted molar refractivity (Wildman–Crippen MR) is 245 cm³/mol. The lowest BCUT2D eigenvalue weighted by molar-refractivity contribution is -0.164. The van der Waals surface area contributed by atoms with E-state index in [1.807, 2.05) is 111 Å². The Bertz CT molecular complexity index is 2660. The topological polar surface area (TPSA) is 118 Å². The third-order valence-corrected chi connectivity index (χ3v) is 14.8. The summed E-state index contributed by atoms with van der Waals surface area (Å²) in [5.41, 5.74) is 1.60. The van der Waals surface area contributed by atoms with Gasteiger partial charge in [0.1, 0.15) is 31.9 Å². The number of amides is 2. The minimum Gasteiger partial charge on any atom is -0.459 e. The number of fused-ring (bicyclic) bond motifs is 5. The second-order valence-electron chi connectivity index (χ2n) is 13.6. The molecule has 16 heteroatoms. The largest absolute Gasteiger partial charge is 0.459 e. The van der Waals surface area contributed by atoms with Crippen LogP contribution in [0.3, 0.4) is 0 Å². The van der Waals surface area contributed by atoms with Gasteiger partial charge in [0.25, 0.3) is 11.8 Å². The maximum atomic E-state index is 15.0. The van der Waals surface area contributed by atoms with Gasteiger partial charge in [-0.1, -0.05) is 85.1 Å². The highest BCUT2D eigenvalue weighted by molar-refractivity contribution is 8.35. The molecule has 294 valence electrons. The molecule has 59 heavy (non-hydrogen) atoms. The number of carbonyl (C=O) groups is 4. The molecule has 2 aliphatic heterocycles. The van der Waals surface area contributed by atoms with Gasteiger partial charge >= 0.3 is 11.9 Å². The molecule has 0 atom stereocenters. The highest BCUT2D eigenvalue weighted by Crippen LogP contribution is 2.55. The second kappa shape index (κ2) is 15.8. The van der Waals surface area contributed by atoms with Crippen molar-refractivity contribution in [1.82, 2.24) is 9.80 Å². The van der Waals surface area contributed by atoms with Gasteiger partial charge < -0.3 is 9.47 Å². The molecule has 2 saturated heterocycles. The molecular weight excluding hydrogens is 861 g/mol. The van der Waals surface area contributed by atoms with Crippen molar-refractivity contribution in [1.29, 1.82) is 0 Å². The van der Waals surface area contributed by atoms with Crippen LogP contribution in [-0.2, 0) is 47.3 Å². The Morgan fingerprint density at radius 3 is 1.41 bits per heavy atom. The number of ether oxygens (including phenoxy) is 2. The quantitative estimate of drug-likeness (QED) is 0.0748. The summed E-state index contributed by atoms with van der Waals surface area (Å²) in [6.07, 6.45) is 0. The Kier molecular flexibility index (Phi) is 10.6. The van der Waals surface area contributed by atoms with Gasteiger partial charge in [0, 0.05) is 22.5 Å². The maximum absolute atomic E-state index is 15.0. The van der Waals surface area contributed by atoms with E-state index in [4.69, 9.17) is 43.9 Å². The number of thioether (sulfide) groups is 2. The molecule has 2 amide bonds. The van der Waals surface area contributed by atoms with Gasteiger partial charge in [-0.15, -0.1) is 22.7 Å². The Labute approximate surface area is 365 Å². The van der Waals surface area contributed by atoms with Crippen molar-refractivity contribution in [3.8, 4) is 11.1 Å². The van der Waals surface area contributed by atoms with E-state index in [9.17, 15) is 9.59 Å². The average Bonchev–Trinajstić information content (AvgIpc) is 4.02. The van der Waals surface area contributed by atoms with E-state index in [0.29, 0.717) is 54.0 Å². The minimum absolute atomic E-state index is 0.0760. The van der Waals surface area contributed by atoms with Crippen LogP contribution in [0.5, 0.6) is 0 Å². The van der Waals surface area contributed by atoms with Gasteiger partial charge in [0.05, 0.1) is 0 Å². The van der Waals surface area contributed by atoms with E-state index in [1.54, 1.807) is 0 Å². The lowest BCUT2D eigenvalue weighted by Crippen LogP contribution is -2.45. The lowest BCUT2D eigenvalue weighted by atomic mass is 9.77. The number of carbonyl (C=O) groups excluding carboxylic acids is 4. The number of thiophene rings is 2. The van der Waals surface area contributed by atoms with Crippen molar-refractivity contribution in [2.75, 3.05) is 13.1 Å². The van der Waals surface area contributed by atoms with Crippen LogP contribution in [-0.4, -0.2) is 65.4 Å². The molecule has 4 aromatic carbocycles. The number of hydrogen-bond donors (Lipinski definition) is 0. The molecule has 3 aliphatic rings. The summed E-state index contributed by atoms with van der Waals surface area (Å²) in [5, 5.41) is 3.15. The Hall–Kier alpha value is -5.10. The summed E-state index contributed by atoms with van der Waals surface area (Å²) in [6, 6.07) is 29.8. The normalized spacial score (nSPS) is 17.2. The van der Waals surface area contributed by atoms with Crippen molar-refractivity contribution in [3.63, 3.8) is 0 Å². The number of rotatable bonds is 10. The van der Waals surface area contributed by atoms with E-state index < -0.39 is 17.4 Å². The monoisotopic (exact) mass is 890 g/mol. The van der Waals surface area contributed by atoms with Crippen LogP contribution in [0.25, 0.3) is 31.3 Å². The SMILES string of the molecule is CCN1C(=O)C(=Nc2cc3cc4c(cc3s2)-c2cc3sc(N=C5SC(=S)N(CC)C5=O)cc3cc2C4(C(=O)OCc2ccccc2)C(=O)OCc2ccccc2)SC1=S. The molecule has 0 saturated carbocycles. The Balaban J connectivity index is 1.22. The third kappa shape index (κ3) is 6.90. The third-order valence-electron chi connectivity index (χ3n) is 10.1. The maximum Gasteiger partial charge on any atom is 0.333 e. The first-order valence-corrected chi connectivity index (χ1v) is 22.5. The fourth-order valence-electron chi connectivity index (χ4n) is 7.30. The molecule has 10 nitrogen and oxygen atoms in total. The number of thiocarbonyl (C=S) groups is 2. The molecule has 2 aromatic heterocycles. The van der Waals surface area contributed by atoms with Gasteiger partial charge in [-0.05, 0) is 118 Å². The zero-order valence-electron chi connectivity index (χ0n) is 31.3. The van der Waals surface area contributed by atoms with Crippen LogP contribution in [0.4, 0.5) is 10.0 Å². The Morgan fingerprint density at radius 1 is 0.627 bits per heavy atom. The van der Waals surface area contributed by atoms with Crippen molar-refractivity contribution in [2.24, 2.45) is 9.98 Å². The minimum atomic E-state index is -2.03. The summed E-state index contributed by atoms with van der Waals surface area (Å²) in [7, 11) is 0. The molecule has 9 rings (SSSR count). The molecule has 0 unspecified atom stereocenters. The highest BCUT2D eigenvalue weighted by Gasteiger charge is 2.58. The van der Waals surface area contributed by atoms with Crippen LogP contribution in [0, 0.1) is 0 Å². The molecule has 4 heterocycles. The van der Waals surface area contributed by atoms with Crippen LogP contribution in [0.1, 0.15) is 36.1 Å². The smallest absolute Gasteiger partial charge is 0.333 e. The second-order valence-corrected chi connectivity index (χ2v) is 19.0. The van der Waals surface area contributed by atoms with Crippen molar-refractivity contribution >= 4 is 143 Å².